The lowest BCUT2D eigenvalue weighted by atomic mass is 9.92. The van der Waals surface area contributed by atoms with E-state index >= 15 is 0 Å². The van der Waals surface area contributed by atoms with E-state index in [9.17, 15) is 9.59 Å². The Kier molecular flexibility index (Phi) is 5.15. The van der Waals surface area contributed by atoms with Crippen LogP contribution in [0.5, 0.6) is 0 Å². The highest BCUT2D eigenvalue weighted by Crippen LogP contribution is 2.28. The zero-order chi connectivity index (χ0) is 18.9. The number of aromatic nitrogens is 2. The molecule has 0 aliphatic carbocycles. The van der Waals surface area contributed by atoms with Crippen molar-refractivity contribution < 1.29 is 9.59 Å². The summed E-state index contributed by atoms with van der Waals surface area (Å²) in [6.07, 6.45) is 0.319. The van der Waals surface area contributed by atoms with E-state index in [1.807, 2.05) is 51.3 Å². The van der Waals surface area contributed by atoms with Gasteiger partial charge in [-0.3, -0.25) is 14.9 Å². The summed E-state index contributed by atoms with van der Waals surface area (Å²) in [5, 5.41) is 15.8. The average Bonchev–Trinajstić information content (AvgIpc) is 3.12. The molecule has 2 aromatic rings. The average molecular weight is 375 g/mol. The summed E-state index contributed by atoms with van der Waals surface area (Å²) in [4.78, 5) is 25.4. The van der Waals surface area contributed by atoms with Gasteiger partial charge in [0.25, 0.3) is 0 Å². The highest BCUT2D eigenvalue weighted by molar-refractivity contribution is 7.13. The van der Waals surface area contributed by atoms with Crippen LogP contribution in [0.2, 0.25) is 0 Å². The fraction of sp³-hybridized carbons (Fsp3) is 0.500. The van der Waals surface area contributed by atoms with Crippen molar-refractivity contribution in [1.82, 2.24) is 20.4 Å². The molecular weight excluding hydrogens is 350 g/mol. The Morgan fingerprint density at radius 3 is 2.85 bits per heavy atom. The van der Waals surface area contributed by atoms with E-state index in [2.05, 4.69) is 21.0 Å². The maximum atomic E-state index is 12.4. The van der Waals surface area contributed by atoms with Crippen LogP contribution in [0.3, 0.4) is 0 Å². The summed E-state index contributed by atoms with van der Waals surface area (Å²) < 4.78 is 1.64. The Morgan fingerprint density at radius 2 is 2.23 bits per heavy atom. The zero-order valence-corrected chi connectivity index (χ0v) is 16.3. The van der Waals surface area contributed by atoms with Gasteiger partial charge < -0.3 is 10.6 Å². The molecule has 0 radical (unpaired) electrons. The first-order valence-electron chi connectivity index (χ1n) is 8.70. The topological polar surface area (TPSA) is 88.1 Å². The van der Waals surface area contributed by atoms with Crippen molar-refractivity contribution in [3.8, 4) is 10.6 Å². The van der Waals surface area contributed by atoms with E-state index in [0.717, 1.165) is 10.6 Å². The lowest BCUT2D eigenvalue weighted by molar-refractivity contribution is -0.125. The minimum absolute atomic E-state index is 0.0289. The van der Waals surface area contributed by atoms with Crippen molar-refractivity contribution in [3.63, 3.8) is 0 Å². The lowest BCUT2D eigenvalue weighted by Gasteiger charge is -2.30. The molecule has 7 nitrogen and oxygen atoms in total. The second kappa shape index (κ2) is 7.20. The van der Waals surface area contributed by atoms with Crippen LogP contribution in [-0.2, 0) is 9.59 Å². The second-order valence-electron chi connectivity index (χ2n) is 7.86. The third-order valence-electron chi connectivity index (χ3n) is 3.94. The fourth-order valence-corrected chi connectivity index (χ4v) is 3.57. The maximum absolute atomic E-state index is 12.4. The highest BCUT2D eigenvalue weighted by Gasteiger charge is 2.28. The van der Waals surface area contributed by atoms with Crippen LogP contribution < -0.4 is 16.0 Å². The van der Waals surface area contributed by atoms with Gasteiger partial charge in [-0.25, -0.2) is 4.68 Å². The molecule has 1 aliphatic heterocycles. The van der Waals surface area contributed by atoms with Gasteiger partial charge in [0.15, 0.2) is 6.29 Å². The van der Waals surface area contributed by atoms with Gasteiger partial charge in [0.2, 0.25) is 11.8 Å². The van der Waals surface area contributed by atoms with E-state index < -0.39 is 6.29 Å². The predicted molar refractivity (Wildman–Crippen MR) is 103 cm³/mol. The van der Waals surface area contributed by atoms with E-state index in [1.54, 1.807) is 16.0 Å². The Morgan fingerprint density at radius 1 is 1.46 bits per heavy atom. The quantitative estimate of drug-likeness (QED) is 0.767. The number of carbonyl (C=O) groups excluding carboxylic acids is 2. The van der Waals surface area contributed by atoms with Gasteiger partial charge in [-0.15, -0.1) is 11.3 Å². The van der Waals surface area contributed by atoms with Crippen molar-refractivity contribution in [2.24, 2.45) is 5.41 Å². The molecule has 3 N–H and O–H groups in total. The molecule has 2 atom stereocenters. The molecule has 2 aromatic heterocycles. The summed E-state index contributed by atoms with van der Waals surface area (Å²) in [5.41, 5.74) is 0.650. The molecule has 0 spiro atoms. The predicted octanol–water partition coefficient (Wildman–Crippen LogP) is 2.94. The normalized spacial score (nSPS) is 20.7. The Hall–Kier alpha value is -2.19. The number of nitrogens with one attached hydrogen (secondary N) is 3. The van der Waals surface area contributed by atoms with Gasteiger partial charge in [0, 0.05) is 24.9 Å². The molecule has 0 bridgehead atoms. The standard InChI is InChI=1S/C18H25N5O2S/c1-11-8-15(24)21-17(19-11)23-14(20-16(25)10-18(2,3)4)9-12(22-23)13-6-5-7-26-13/h5-7,9,11,17,19H,8,10H2,1-4H3,(H,20,25)(H,21,24). The third-order valence-corrected chi connectivity index (χ3v) is 4.84. The molecule has 2 amide bonds. The maximum Gasteiger partial charge on any atom is 0.226 e. The minimum Gasteiger partial charge on any atom is -0.322 e. The first-order valence-corrected chi connectivity index (χ1v) is 9.58. The largest absolute Gasteiger partial charge is 0.322 e. The van der Waals surface area contributed by atoms with Crippen LogP contribution in [0.25, 0.3) is 10.6 Å². The molecule has 1 fully saturated rings. The molecule has 1 aliphatic rings. The molecule has 2 unspecified atom stereocenters. The monoisotopic (exact) mass is 375 g/mol. The summed E-state index contributed by atoms with van der Waals surface area (Å²) >= 11 is 1.58. The van der Waals surface area contributed by atoms with Crippen molar-refractivity contribution in [2.75, 3.05) is 5.32 Å². The second-order valence-corrected chi connectivity index (χ2v) is 8.81. The zero-order valence-electron chi connectivity index (χ0n) is 15.5. The molecular formula is C18H25N5O2S. The number of nitrogens with zero attached hydrogens (tertiary/aromatic N) is 2. The number of anilines is 1. The fourth-order valence-electron chi connectivity index (χ4n) is 2.89. The van der Waals surface area contributed by atoms with Crippen LogP contribution in [-0.4, -0.2) is 27.6 Å². The van der Waals surface area contributed by atoms with E-state index in [1.165, 1.54) is 0 Å². The van der Waals surface area contributed by atoms with E-state index in [-0.39, 0.29) is 23.3 Å². The van der Waals surface area contributed by atoms with Gasteiger partial charge in [-0.05, 0) is 23.8 Å². The first kappa shape index (κ1) is 18.6. The Balaban J connectivity index is 1.90. The molecule has 0 saturated carbocycles. The molecule has 3 heterocycles. The van der Waals surface area contributed by atoms with Gasteiger partial charge in [-0.2, -0.15) is 5.10 Å². The van der Waals surface area contributed by atoms with Crippen molar-refractivity contribution in [1.29, 1.82) is 0 Å². The lowest BCUT2D eigenvalue weighted by Crippen LogP contribution is -2.52. The number of rotatable bonds is 4. The first-order chi connectivity index (χ1) is 12.2. The van der Waals surface area contributed by atoms with E-state index in [0.29, 0.717) is 18.7 Å². The highest BCUT2D eigenvalue weighted by atomic mass is 32.1. The van der Waals surface area contributed by atoms with Gasteiger partial charge in [0.05, 0.1) is 4.88 Å². The van der Waals surface area contributed by atoms with Crippen LogP contribution in [0.15, 0.2) is 23.6 Å². The molecule has 140 valence electrons. The summed E-state index contributed by atoms with van der Waals surface area (Å²) in [6, 6.07) is 5.81. The summed E-state index contributed by atoms with van der Waals surface area (Å²) in [5.74, 6) is 0.447. The number of hydrogen-bond donors (Lipinski definition) is 3. The van der Waals surface area contributed by atoms with Crippen LogP contribution in [0.4, 0.5) is 5.82 Å². The summed E-state index contributed by atoms with van der Waals surface area (Å²) in [6.45, 7) is 8.01. The van der Waals surface area contributed by atoms with Crippen molar-refractivity contribution >= 4 is 29.0 Å². The smallest absolute Gasteiger partial charge is 0.226 e. The minimum atomic E-state index is -0.495. The molecule has 1 saturated heterocycles. The van der Waals surface area contributed by atoms with Crippen LogP contribution in [0, 0.1) is 5.41 Å². The number of hydrogen-bond acceptors (Lipinski definition) is 5. The molecule has 26 heavy (non-hydrogen) atoms. The van der Waals surface area contributed by atoms with Crippen LogP contribution >= 0.6 is 11.3 Å². The number of thiophene rings is 1. The van der Waals surface area contributed by atoms with Crippen molar-refractivity contribution in [3.05, 3.63) is 23.6 Å². The van der Waals surface area contributed by atoms with Gasteiger partial charge in [-0.1, -0.05) is 26.8 Å². The van der Waals surface area contributed by atoms with E-state index in [4.69, 9.17) is 0 Å². The number of carbonyl (C=O) groups is 2. The Bertz CT molecular complexity index is 791. The Labute approximate surface area is 157 Å². The molecule has 0 aromatic carbocycles. The third kappa shape index (κ3) is 4.50. The van der Waals surface area contributed by atoms with Gasteiger partial charge >= 0.3 is 0 Å². The number of amides is 2. The van der Waals surface area contributed by atoms with Crippen LogP contribution in [0.1, 0.15) is 46.8 Å². The molecule has 8 heteroatoms. The molecule has 3 rings (SSSR count). The summed E-state index contributed by atoms with van der Waals surface area (Å²) in [7, 11) is 0. The van der Waals surface area contributed by atoms with Gasteiger partial charge in [0.1, 0.15) is 11.5 Å². The van der Waals surface area contributed by atoms with Crippen molar-refractivity contribution in [2.45, 2.75) is 52.9 Å². The SMILES string of the molecule is CC1CC(=O)NC(n2nc(-c3cccs3)cc2NC(=O)CC(C)(C)C)N1.